The Kier molecular flexibility index (Phi) is 4.35. The van der Waals surface area contributed by atoms with Crippen molar-refractivity contribution in [3.8, 4) is 0 Å². The van der Waals surface area contributed by atoms with Gasteiger partial charge in [-0.05, 0) is 39.8 Å². The molecule has 2 rings (SSSR count). The zero-order valence-electron chi connectivity index (χ0n) is 13.0. The van der Waals surface area contributed by atoms with Crippen molar-refractivity contribution in [1.82, 2.24) is 4.90 Å². The van der Waals surface area contributed by atoms with Gasteiger partial charge in [-0.25, -0.2) is 4.39 Å². The summed E-state index contributed by atoms with van der Waals surface area (Å²) in [7, 11) is 0. The molecule has 1 aromatic rings. The molecule has 20 heavy (non-hydrogen) atoms. The first kappa shape index (κ1) is 15.3. The Morgan fingerprint density at radius 3 is 2.25 bits per heavy atom. The van der Waals surface area contributed by atoms with Crippen LogP contribution in [0, 0.1) is 5.82 Å². The zero-order valence-corrected chi connectivity index (χ0v) is 13.0. The molecule has 0 bridgehead atoms. The second-order valence-electron chi connectivity index (χ2n) is 6.61. The fraction of sp³-hybridized carbons (Fsp3) is 0.625. The Bertz CT molecular complexity index is 457. The van der Waals surface area contributed by atoms with E-state index in [4.69, 9.17) is 5.73 Å². The lowest BCUT2D eigenvalue weighted by Gasteiger charge is -2.43. The minimum absolute atomic E-state index is 0.192. The SMILES string of the molecule is C[C@@H](N)c1c(F)cccc1N1CCN(C(C)(C)C)CC1. The van der Waals surface area contributed by atoms with Crippen LogP contribution in [-0.4, -0.2) is 36.6 Å². The summed E-state index contributed by atoms with van der Waals surface area (Å²) < 4.78 is 14.0. The molecule has 0 radical (unpaired) electrons. The molecule has 2 N–H and O–H groups in total. The standard InChI is InChI=1S/C16H26FN3/c1-12(18)15-13(17)6-5-7-14(15)19-8-10-20(11-9-19)16(2,3)4/h5-7,12H,8-11,18H2,1-4H3/t12-/m1/s1. The molecule has 0 aromatic heterocycles. The van der Waals surface area contributed by atoms with Crippen LogP contribution >= 0.6 is 0 Å². The van der Waals surface area contributed by atoms with E-state index in [1.807, 2.05) is 13.0 Å². The highest BCUT2D eigenvalue weighted by molar-refractivity contribution is 5.55. The highest BCUT2D eigenvalue weighted by Crippen LogP contribution is 2.29. The van der Waals surface area contributed by atoms with Crippen molar-refractivity contribution in [2.75, 3.05) is 31.1 Å². The number of halogens is 1. The lowest BCUT2D eigenvalue weighted by Crippen LogP contribution is -2.53. The maximum Gasteiger partial charge on any atom is 0.130 e. The summed E-state index contributed by atoms with van der Waals surface area (Å²) in [6.07, 6.45) is 0. The second-order valence-corrected chi connectivity index (χ2v) is 6.61. The highest BCUT2D eigenvalue weighted by atomic mass is 19.1. The third-order valence-corrected chi connectivity index (χ3v) is 4.05. The van der Waals surface area contributed by atoms with Crippen molar-refractivity contribution < 1.29 is 4.39 Å². The van der Waals surface area contributed by atoms with Crippen molar-refractivity contribution in [2.24, 2.45) is 5.73 Å². The average molecular weight is 279 g/mol. The summed E-state index contributed by atoms with van der Waals surface area (Å²) in [4.78, 5) is 4.72. The van der Waals surface area contributed by atoms with Gasteiger partial charge in [0.15, 0.2) is 0 Å². The molecule has 0 spiro atoms. The third kappa shape index (κ3) is 3.13. The van der Waals surface area contributed by atoms with Crippen LogP contribution in [0.5, 0.6) is 0 Å². The molecule has 0 amide bonds. The van der Waals surface area contributed by atoms with E-state index in [1.165, 1.54) is 6.07 Å². The van der Waals surface area contributed by atoms with E-state index in [9.17, 15) is 4.39 Å². The van der Waals surface area contributed by atoms with E-state index in [0.29, 0.717) is 5.56 Å². The molecule has 3 nitrogen and oxygen atoms in total. The molecule has 1 aromatic carbocycles. The molecule has 1 heterocycles. The molecule has 4 heteroatoms. The first-order valence-electron chi connectivity index (χ1n) is 7.34. The van der Waals surface area contributed by atoms with Crippen molar-refractivity contribution in [2.45, 2.75) is 39.3 Å². The Morgan fingerprint density at radius 1 is 1.15 bits per heavy atom. The number of anilines is 1. The van der Waals surface area contributed by atoms with Gasteiger partial charge in [-0.2, -0.15) is 0 Å². The molecule has 1 saturated heterocycles. The molecule has 0 aliphatic carbocycles. The monoisotopic (exact) mass is 279 g/mol. The zero-order chi connectivity index (χ0) is 14.9. The van der Waals surface area contributed by atoms with Crippen LogP contribution < -0.4 is 10.6 Å². The van der Waals surface area contributed by atoms with Crippen LogP contribution in [-0.2, 0) is 0 Å². The number of benzene rings is 1. The molecule has 1 aliphatic heterocycles. The number of piperazine rings is 1. The largest absolute Gasteiger partial charge is 0.369 e. The van der Waals surface area contributed by atoms with Crippen LogP contribution in [0.4, 0.5) is 10.1 Å². The van der Waals surface area contributed by atoms with Crippen LogP contribution in [0.25, 0.3) is 0 Å². The summed E-state index contributed by atoms with van der Waals surface area (Å²) in [6.45, 7) is 12.4. The first-order chi connectivity index (χ1) is 9.30. The van der Waals surface area contributed by atoms with E-state index >= 15 is 0 Å². The Hall–Kier alpha value is -1.13. The highest BCUT2D eigenvalue weighted by Gasteiger charge is 2.27. The number of hydrogen-bond donors (Lipinski definition) is 1. The van der Waals surface area contributed by atoms with Crippen LogP contribution in [0.15, 0.2) is 18.2 Å². The Morgan fingerprint density at radius 2 is 1.75 bits per heavy atom. The van der Waals surface area contributed by atoms with Gasteiger partial charge in [0.05, 0.1) is 0 Å². The fourth-order valence-electron chi connectivity index (χ4n) is 2.87. The fourth-order valence-corrected chi connectivity index (χ4v) is 2.87. The van der Waals surface area contributed by atoms with Gasteiger partial charge in [-0.15, -0.1) is 0 Å². The number of nitrogens with two attached hydrogens (primary N) is 1. The van der Waals surface area contributed by atoms with Gasteiger partial charge in [0.2, 0.25) is 0 Å². The topological polar surface area (TPSA) is 32.5 Å². The minimum Gasteiger partial charge on any atom is -0.369 e. The molecular weight excluding hydrogens is 253 g/mol. The van der Waals surface area contributed by atoms with Crippen molar-refractivity contribution in [3.63, 3.8) is 0 Å². The summed E-state index contributed by atoms with van der Waals surface area (Å²) >= 11 is 0. The van der Waals surface area contributed by atoms with Gasteiger partial charge in [0.1, 0.15) is 5.82 Å². The van der Waals surface area contributed by atoms with Gasteiger partial charge < -0.3 is 10.6 Å². The van der Waals surface area contributed by atoms with Crippen LogP contribution in [0.2, 0.25) is 0 Å². The second kappa shape index (κ2) is 5.70. The predicted octanol–water partition coefficient (Wildman–Crippen LogP) is 2.77. The first-order valence-corrected chi connectivity index (χ1v) is 7.34. The summed E-state index contributed by atoms with van der Waals surface area (Å²) in [5, 5.41) is 0. The average Bonchev–Trinajstić information content (AvgIpc) is 2.37. The lowest BCUT2D eigenvalue weighted by molar-refractivity contribution is 0.128. The van der Waals surface area contributed by atoms with E-state index in [2.05, 4.69) is 30.6 Å². The van der Waals surface area contributed by atoms with Gasteiger partial charge in [-0.1, -0.05) is 6.07 Å². The van der Waals surface area contributed by atoms with Gasteiger partial charge in [0, 0.05) is 49.0 Å². The van der Waals surface area contributed by atoms with Gasteiger partial charge in [0.25, 0.3) is 0 Å². The van der Waals surface area contributed by atoms with E-state index < -0.39 is 0 Å². The van der Waals surface area contributed by atoms with E-state index in [-0.39, 0.29) is 17.4 Å². The summed E-state index contributed by atoms with van der Waals surface area (Å²) in [5.74, 6) is -0.198. The van der Waals surface area contributed by atoms with Gasteiger partial charge in [-0.3, -0.25) is 4.90 Å². The molecule has 1 aliphatic rings. The number of rotatable bonds is 2. The summed E-state index contributed by atoms with van der Waals surface area (Å²) in [6, 6.07) is 4.96. The molecule has 0 unspecified atom stereocenters. The van der Waals surface area contributed by atoms with Crippen molar-refractivity contribution >= 4 is 5.69 Å². The maximum absolute atomic E-state index is 14.0. The quantitative estimate of drug-likeness (QED) is 0.903. The van der Waals surface area contributed by atoms with Crippen molar-refractivity contribution in [3.05, 3.63) is 29.6 Å². The lowest BCUT2D eigenvalue weighted by atomic mass is 10.0. The molecule has 1 atom stereocenters. The van der Waals surface area contributed by atoms with E-state index in [0.717, 1.165) is 31.9 Å². The number of nitrogens with zero attached hydrogens (tertiary/aromatic N) is 2. The normalized spacial score (nSPS) is 19.2. The van der Waals surface area contributed by atoms with Crippen molar-refractivity contribution in [1.29, 1.82) is 0 Å². The maximum atomic E-state index is 14.0. The van der Waals surface area contributed by atoms with Crippen LogP contribution in [0.3, 0.4) is 0 Å². The van der Waals surface area contributed by atoms with E-state index in [1.54, 1.807) is 6.07 Å². The van der Waals surface area contributed by atoms with Crippen LogP contribution in [0.1, 0.15) is 39.3 Å². The smallest absolute Gasteiger partial charge is 0.130 e. The molecule has 1 fully saturated rings. The third-order valence-electron chi connectivity index (χ3n) is 4.05. The molecule has 112 valence electrons. The number of hydrogen-bond acceptors (Lipinski definition) is 3. The van der Waals surface area contributed by atoms with Gasteiger partial charge >= 0.3 is 0 Å². The minimum atomic E-state index is -0.285. The Balaban J connectivity index is 2.17. The molecule has 0 saturated carbocycles. The Labute approximate surface area is 121 Å². The molecular formula is C16H26FN3. The predicted molar refractivity (Wildman–Crippen MR) is 82.5 cm³/mol. The summed E-state index contributed by atoms with van der Waals surface area (Å²) in [5.41, 5.74) is 7.72.